The molecule has 1 aromatic heterocycles. The molecule has 1 aromatic carbocycles. The number of aromatic nitrogens is 2. The average molecular weight is 399 g/mol. The number of carboxylic acid groups (broad SMARTS) is 1. The van der Waals surface area contributed by atoms with Crippen LogP contribution in [0.15, 0.2) is 30.3 Å². The Morgan fingerprint density at radius 1 is 1.24 bits per heavy atom. The molecule has 156 valence electrons. The molecule has 0 saturated carbocycles. The summed E-state index contributed by atoms with van der Waals surface area (Å²) >= 11 is 0. The lowest BCUT2D eigenvalue weighted by molar-refractivity contribution is -0.167. The van der Waals surface area contributed by atoms with Crippen LogP contribution in [0.2, 0.25) is 0 Å². The van der Waals surface area contributed by atoms with E-state index in [4.69, 9.17) is 0 Å². The molecule has 0 aliphatic carbocycles. The Morgan fingerprint density at radius 2 is 1.93 bits per heavy atom. The first kappa shape index (κ1) is 21.0. The van der Waals surface area contributed by atoms with Crippen LogP contribution < -0.4 is 0 Å². The fraction of sp³-hybridized carbons (Fsp3) is 0.500. The number of nitrogens with zero attached hydrogens (tertiary/aromatic N) is 3. The number of para-hydroxylation sites is 1. The Balaban J connectivity index is 1.75. The van der Waals surface area contributed by atoms with Gasteiger partial charge in [0, 0.05) is 24.3 Å². The number of likely N-dealkylation sites (tertiary alicyclic amines) is 1. The predicted octanol–water partition coefficient (Wildman–Crippen LogP) is 2.50. The molecule has 0 radical (unpaired) electrons. The second-order valence-corrected chi connectivity index (χ2v) is 7.89. The van der Waals surface area contributed by atoms with Gasteiger partial charge in [-0.15, -0.1) is 0 Å². The topological polar surface area (TPSA) is 95.7 Å². The minimum Gasteiger partial charge on any atom is -0.481 e. The van der Waals surface area contributed by atoms with Crippen LogP contribution in [-0.2, 0) is 16.0 Å². The summed E-state index contributed by atoms with van der Waals surface area (Å²) < 4.78 is 1.83. The number of benzene rings is 1. The highest BCUT2D eigenvalue weighted by Gasteiger charge is 2.48. The van der Waals surface area contributed by atoms with Gasteiger partial charge in [-0.25, -0.2) is 4.68 Å². The molecule has 0 bridgehead atoms. The zero-order chi connectivity index (χ0) is 21.2. The Hall–Kier alpha value is -2.67. The molecule has 3 rings (SSSR count). The summed E-state index contributed by atoms with van der Waals surface area (Å²) in [5.74, 6) is -1.09. The number of aliphatic carboxylic acids is 1. The first-order valence-electron chi connectivity index (χ1n) is 10.1. The molecule has 7 heteroatoms. The van der Waals surface area contributed by atoms with Gasteiger partial charge >= 0.3 is 5.97 Å². The number of aryl methyl sites for hydroxylation is 1. The maximum absolute atomic E-state index is 12.9. The third-order valence-corrected chi connectivity index (χ3v) is 6.10. The van der Waals surface area contributed by atoms with Crippen molar-refractivity contribution in [1.82, 2.24) is 14.7 Å². The molecule has 0 spiro atoms. The predicted molar refractivity (Wildman–Crippen MR) is 109 cm³/mol. The van der Waals surface area contributed by atoms with Crippen LogP contribution in [0, 0.1) is 19.3 Å². The highest BCUT2D eigenvalue weighted by molar-refractivity contribution is 5.81. The van der Waals surface area contributed by atoms with Gasteiger partial charge in [0.15, 0.2) is 0 Å². The molecule has 2 atom stereocenters. The van der Waals surface area contributed by atoms with Crippen molar-refractivity contribution in [1.29, 1.82) is 0 Å². The van der Waals surface area contributed by atoms with Crippen molar-refractivity contribution in [2.24, 2.45) is 5.41 Å². The van der Waals surface area contributed by atoms with Gasteiger partial charge in [-0.05, 0) is 38.8 Å². The summed E-state index contributed by atoms with van der Waals surface area (Å²) in [5.41, 5.74) is 2.35. The van der Waals surface area contributed by atoms with Crippen molar-refractivity contribution >= 4 is 11.9 Å². The van der Waals surface area contributed by atoms with Crippen LogP contribution in [0.4, 0.5) is 0 Å². The highest BCUT2D eigenvalue weighted by Crippen LogP contribution is 2.37. The lowest BCUT2D eigenvalue weighted by Gasteiger charge is -2.42. The van der Waals surface area contributed by atoms with E-state index in [0.717, 1.165) is 22.6 Å². The van der Waals surface area contributed by atoms with E-state index >= 15 is 0 Å². The van der Waals surface area contributed by atoms with Crippen LogP contribution in [0.3, 0.4) is 0 Å². The first-order chi connectivity index (χ1) is 13.8. The smallest absolute Gasteiger partial charge is 0.312 e. The summed E-state index contributed by atoms with van der Waals surface area (Å²) in [6, 6.07) is 9.75. The number of hydrogen-bond acceptors (Lipinski definition) is 4. The molecule has 1 saturated heterocycles. The van der Waals surface area contributed by atoms with E-state index in [1.54, 1.807) is 4.90 Å². The van der Waals surface area contributed by atoms with E-state index in [9.17, 15) is 19.8 Å². The normalized spacial score (nSPS) is 21.9. The number of amides is 1. The highest BCUT2D eigenvalue weighted by atomic mass is 16.4. The Morgan fingerprint density at radius 3 is 2.52 bits per heavy atom. The Bertz CT molecular complexity index is 893. The van der Waals surface area contributed by atoms with E-state index in [0.29, 0.717) is 19.4 Å². The molecule has 2 aromatic rings. The number of piperidine rings is 1. The number of rotatable bonds is 6. The second kappa shape index (κ2) is 8.37. The summed E-state index contributed by atoms with van der Waals surface area (Å²) in [6.45, 7) is 6.13. The standard InChI is InChI=1S/C22H29N3O4/c1-4-10-22(21(28)29)11-12-24(14-19(22)26)20(27)13-18-15(2)23-25(16(18)3)17-8-6-5-7-9-17/h5-9,19,26H,4,10-14H2,1-3H3,(H,28,29)/t19-,22-/m0/s1. The lowest BCUT2D eigenvalue weighted by atomic mass is 9.72. The largest absolute Gasteiger partial charge is 0.481 e. The number of carboxylic acids is 1. The quantitative estimate of drug-likeness (QED) is 0.778. The van der Waals surface area contributed by atoms with Gasteiger partial charge in [0.2, 0.25) is 5.91 Å². The van der Waals surface area contributed by atoms with Gasteiger partial charge in [0.1, 0.15) is 0 Å². The third-order valence-electron chi connectivity index (χ3n) is 6.10. The van der Waals surface area contributed by atoms with Gasteiger partial charge in [-0.3, -0.25) is 9.59 Å². The van der Waals surface area contributed by atoms with Crippen molar-refractivity contribution < 1.29 is 19.8 Å². The van der Waals surface area contributed by atoms with Gasteiger partial charge in [-0.2, -0.15) is 5.10 Å². The molecule has 1 aliphatic rings. The van der Waals surface area contributed by atoms with Gasteiger partial charge in [0.05, 0.1) is 29.3 Å². The van der Waals surface area contributed by atoms with Crippen molar-refractivity contribution in [2.45, 2.75) is 52.6 Å². The zero-order valence-corrected chi connectivity index (χ0v) is 17.3. The van der Waals surface area contributed by atoms with Crippen molar-refractivity contribution in [3.63, 3.8) is 0 Å². The first-order valence-corrected chi connectivity index (χ1v) is 10.1. The molecule has 1 amide bonds. The van der Waals surface area contributed by atoms with Crippen LogP contribution >= 0.6 is 0 Å². The molecule has 2 heterocycles. The number of β-amino-alcohol motifs (C(OH)–C–C–N with tert-alkyl or cyclic N) is 1. The van der Waals surface area contributed by atoms with Gasteiger partial charge in [0.25, 0.3) is 0 Å². The van der Waals surface area contributed by atoms with Gasteiger partial charge in [-0.1, -0.05) is 31.5 Å². The van der Waals surface area contributed by atoms with E-state index in [-0.39, 0.29) is 25.3 Å². The van der Waals surface area contributed by atoms with Crippen molar-refractivity contribution in [3.8, 4) is 5.69 Å². The summed E-state index contributed by atoms with van der Waals surface area (Å²) in [5, 5.41) is 24.8. The molecule has 1 aliphatic heterocycles. The minimum atomic E-state index is -1.16. The molecular formula is C22H29N3O4. The van der Waals surface area contributed by atoms with Crippen molar-refractivity contribution in [2.75, 3.05) is 13.1 Å². The number of carbonyl (C=O) groups excluding carboxylic acids is 1. The molecular weight excluding hydrogens is 370 g/mol. The van der Waals surface area contributed by atoms with E-state index in [1.165, 1.54) is 0 Å². The van der Waals surface area contributed by atoms with E-state index in [2.05, 4.69) is 5.10 Å². The third kappa shape index (κ3) is 3.92. The zero-order valence-electron chi connectivity index (χ0n) is 17.3. The molecule has 29 heavy (non-hydrogen) atoms. The Labute approximate surface area is 171 Å². The SMILES string of the molecule is CCC[C@]1(C(=O)O)CCN(C(=O)Cc2c(C)nn(-c3ccccc3)c2C)C[C@@H]1O. The molecule has 2 N–H and O–H groups in total. The number of aliphatic hydroxyl groups is 1. The second-order valence-electron chi connectivity index (χ2n) is 7.89. The van der Waals surface area contributed by atoms with E-state index in [1.807, 2.05) is 55.8 Å². The number of carbonyl (C=O) groups is 2. The van der Waals surface area contributed by atoms with Crippen LogP contribution in [0.1, 0.15) is 43.1 Å². The molecule has 0 unspecified atom stereocenters. The van der Waals surface area contributed by atoms with E-state index < -0.39 is 17.5 Å². The summed E-state index contributed by atoms with van der Waals surface area (Å²) in [6.07, 6.45) is 0.476. The van der Waals surface area contributed by atoms with Crippen LogP contribution in [0.25, 0.3) is 5.69 Å². The monoisotopic (exact) mass is 399 g/mol. The molecule has 7 nitrogen and oxygen atoms in total. The molecule has 1 fully saturated rings. The van der Waals surface area contributed by atoms with Gasteiger partial charge < -0.3 is 15.1 Å². The maximum atomic E-state index is 12.9. The fourth-order valence-corrected chi connectivity index (χ4v) is 4.31. The lowest BCUT2D eigenvalue weighted by Crippen LogP contribution is -2.56. The Kier molecular flexibility index (Phi) is 6.07. The number of aliphatic hydroxyl groups excluding tert-OH is 1. The minimum absolute atomic E-state index is 0.0516. The summed E-state index contributed by atoms with van der Waals surface area (Å²) in [7, 11) is 0. The number of hydrogen-bond donors (Lipinski definition) is 2. The maximum Gasteiger partial charge on any atom is 0.312 e. The average Bonchev–Trinajstić information content (AvgIpc) is 2.98. The van der Waals surface area contributed by atoms with Crippen LogP contribution in [-0.4, -0.2) is 56.0 Å². The summed E-state index contributed by atoms with van der Waals surface area (Å²) in [4.78, 5) is 26.3. The van der Waals surface area contributed by atoms with Crippen LogP contribution in [0.5, 0.6) is 0 Å². The van der Waals surface area contributed by atoms with Crippen molar-refractivity contribution in [3.05, 3.63) is 47.3 Å². The fourth-order valence-electron chi connectivity index (χ4n) is 4.31.